The maximum Gasteiger partial charge on any atom is 0.283 e. The number of aliphatic imine (C=N–C) groups is 1. The van der Waals surface area contributed by atoms with E-state index in [9.17, 15) is 4.79 Å². The second-order valence-corrected chi connectivity index (χ2v) is 5.22. The van der Waals surface area contributed by atoms with Crippen LogP contribution in [0.1, 0.15) is 22.3 Å². The molecule has 4 nitrogen and oxygen atoms in total. The largest absolute Gasteiger partial charge is 0.462 e. The molecule has 1 aromatic carbocycles. The lowest BCUT2D eigenvalue weighted by molar-refractivity contribution is 0.0835. The molecule has 5 heteroatoms. The van der Waals surface area contributed by atoms with Crippen LogP contribution in [0.3, 0.4) is 0 Å². The zero-order valence-electron chi connectivity index (χ0n) is 9.07. The van der Waals surface area contributed by atoms with Gasteiger partial charge in [0.15, 0.2) is 11.3 Å². The van der Waals surface area contributed by atoms with E-state index in [1.54, 1.807) is 0 Å². The first kappa shape index (κ1) is 10.8. The number of benzene rings is 1. The Kier molecular flexibility index (Phi) is 2.26. The van der Waals surface area contributed by atoms with Crippen LogP contribution in [0.5, 0.6) is 0 Å². The summed E-state index contributed by atoms with van der Waals surface area (Å²) in [6.07, 6.45) is 1.46. The van der Waals surface area contributed by atoms with Crippen molar-refractivity contribution in [2.45, 2.75) is 18.4 Å². The van der Waals surface area contributed by atoms with E-state index in [0.717, 1.165) is 22.0 Å². The number of hydrogen-bond acceptors (Lipinski definition) is 4. The number of nitrogens with two attached hydrogens (primary N) is 1. The van der Waals surface area contributed by atoms with E-state index in [2.05, 4.69) is 20.9 Å². The predicted molar refractivity (Wildman–Crippen MR) is 67.1 cm³/mol. The molecule has 1 aromatic rings. The van der Waals surface area contributed by atoms with Crippen molar-refractivity contribution in [3.63, 3.8) is 0 Å². The molecule has 1 aliphatic heterocycles. The summed E-state index contributed by atoms with van der Waals surface area (Å²) in [5.74, 6) is 0.0144. The molecule has 1 unspecified atom stereocenters. The molecule has 0 fully saturated rings. The number of rotatable bonds is 0. The number of ketones is 1. The number of Topliss-reactive ketones (excluding diaryl/α,β-unsaturated/α-hetero) is 1. The Labute approximate surface area is 107 Å². The lowest BCUT2D eigenvalue weighted by Gasteiger charge is -2.29. The number of amidine groups is 1. The third-order valence-corrected chi connectivity index (χ3v) is 4.10. The van der Waals surface area contributed by atoms with Gasteiger partial charge in [0.25, 0.3) is 6.02 Å². The van der Waals surface area contributed by atoms with Crippen molar-refractivity contribution in [3.8, 4) is 0 Å². The average molecular weight is 295 g/mol. The second-order valence-electron chi connectivity index (χ2n) is 4.37. The topological polar surface area (TPSA) is 64.7 Å². The van der Waals surface area contributed by atoms with Crippen LogP contribution in [0, 0.1) is 0 Å². The standard InChI is InChI=1S/C12H11BrN2O2/c13-9-3-1-2-8-7(9)4-5-12(10(8)16)6-17-11(14)15-12/h1-3H,4-6H2,(H2,14,15). The first-order chi connectivity index (χ1) is 8.12. The molecule has 0 saturated carbocycles. The molecular weight excluding hydrogens is 284 g/mol. The third-order valence-electron chi connectivity index (χ3n) is 3.36. The highest BCUT2D eigenvalue weighted by atomic mass is 79.9. The molecule has 1 heterocycles. The first-order valence-corrected chi connectivity index (χ1v) is 6.22. The smallest absolute Gasteiger partial charge is 0.283 e. The highest BCUT2D eigenvalue weighted by molar-refractivity contribution is 9.10. The van der Waals surface area contributed by atoms with E-state index in [4.69, 9.17) is 10.5 Å². The monoisotopic (exact) mass is 294 g/mol. The summed E-state index contributed by atoms with van der Waals surface area (Å²) in [6, 6.07) is 5.78. The zero-order valence-corrected chi connectivity index (χ0v) is 10.7. The first-order valence-electron chi connectivity index (χ1n) is 5.43. The maximum atomic E-state index is 12.5. The Morgan fingerprint density at radius 3 is 3.00 bits per heavy atom. The Morgan fingerprint density at radius 2 is 2.29 bits per heavy atom. The van der Waals surface area contributed by atoms with Gasteiger partial charge in [-0.05, 0) is 24.5 Å². The minimum Gasteiger partial charge on any atom is -0.462 e. The van der Waals surface area contributed by atoms with Gasteiger partial charge in [0.2, 0.25) is 0 Å². The van der Waals surface area contributed by atoms with Crippen molar-refractivity contribution in [3.05, 3.63) is 33.8 Å². The highest BCUT2D eigenvalue weighted by Crippen LogP contribution is 2.37. The lowest BCUT2D eigenvalue weighted by atomic mass is 9.78. The summed E-state index contributed by atoms with van der Waals surface area (Å²) >= 11 is 3.47. The van der Waals surface area contributed by atoms with Gasteiger partial charge in [-0.15, -0.1) is 0 Å². The third kappa shape index (κ3) is 1.49. The van der Waals surface area contributed by atoms with Crippen molar-refractivity contribution in [2.75, 3.05) is 6.61 Å². The van der Waals surface area contributed by atoms with Gasteiger partial charge in [0, 0.05) is 10.0 Å². The van der Waals surface area contributed by atoms with Crippen LogP contribution >= 0.6 is 15.9 Å². The van der Waals surface area contributed by atoms with Gasteiger partial charge < -0.3 is 10.5 Å². The summed E-state index contributed by atoms with van der Waals surface area (Å²) in [7, 11) is 0. The van der Waals surface area contributed by atoms with E-state index in [0.29, 0.717) is 6.42 Å². The molecule has 88 valence electrons. The van der Waals surface area contributed by atoms with E-state index < -0.39 is 5.54 Å². The van der Waals surface area contributed by atoms with Crippen molar-refractivity contribution < 1.29 is 9.53 Å². The zero-order chi connectivity index (χ0) is 12.0. The fraction of sp³-hybridized carbons (Fsp3) is 0.333. The molecule has 3 rings (SSSR count). The normalized spacial score (nSPS) is 26.6. The summed E-state index contributed by atoms with van der Waals surface area (Å²) in [6.45, 7) is 0.267. The Balaban J connectivity index is 2.10. The molecule has 0 bridgehead atoms. The predicted octanol–water partition coefficient (Wildman–Crippen LogP) is 1.66. The fourth-order valence-corrected chi connectivity index (χ4v) is 3.00. The number of halogens is 1. The van der Waals surface area contributed by atoms with Gasteiger partial charge in [0.1, 0.15) is 6.61 Å². The molecule has 2 aliphatic rings. The number of ether oxygens (including phenoxy) is 1. The van der Waals surface area contributed by atoms with Gasteiger partial charge in [-0.25, -0.2) is 4.99 Å². The number of carbonyl (C=O) groups is 1. The van der Waals surface area contributed by atoms with Crippen LogP contribution < -0.4 is 5.73 Å². The molecule has 0 radical (unpaired) electrons. The van der Waals surface area contributed by atoms with Crippen molar-refractivity contribution in [2.24, 2.45) is 10.7 Å². The average Bonchev–Trinajstić information content (AvgIpc) is 2.68. The summed E-state index contributed by atoms with van der Waals surface area (Å²) in [5.41, 5.74) is 6.53. The van der Waals surface area contributed by atoms with Crippen molar-refractivity contribution in [1.82, 2.24) is 0 Å². The number of hydrogen-bond donors (Lipinski definition) is 1. The maximum absolute atomic E-state index is 12.5. The van der Waals surface area contributed by atoms with Crippen molar-refractivity contribution >= 4 is 27.7 Å². The Morgan fingerprint density at radius 1 is 1.47 bits per heavy atom. The van der Waals surface area contributed by atoms with Crippen LogP contribution in [0.15, 0.2) is 27.7 Å². The van der Waals surface area contributed by atoms with E-state index in [1.807, 2.05) is 18.2 Å². The molecule has 0 aromatic heterocycles. The molecule has 0 amide bonds. The highest BCUT2D eigenvalue weighted by Gasteiger charge is 2.47. The summed E-state index contributed by atoms with van der Waals surface area (Å²) in [5, 5.41) is 0. The molecule has 1 atom stereocenters. The molecular formula is C12H11BrN2O2. The lowest BCUT2D eigenvalue weighted by Crippen LogP contribution is -2.42. The van der Waals surface area contributed by atoms with Gasteiger partial charge in [-0.2, -0.15) is 0 Å². The van der Waals surface area contributed by atoms with Crippen LogP contribution in [-0.2, 0) is 11.2 Å². The van der Waals surface area contributed by atoms with Crippen LogP contribution in [0.4, 0.5) is 0 Å². The van der Waals surface area contributed by atoms with Gasteiger partial charge in [0.05, 0.1) is 0 Å². The van der Waals surface area contributed by atoms with Crippen molar-refractivity contribution in [1.29, 1.82) is 0 Å². The van der Waals surface area contributed by atoms with Crippen LogP contribution in [0.25, 0.3) is 0 Å². The van der Waals surface area contributed by atoms with Gasteiger partial charge in [-0.1, -0.05) is 28.1 Å². The molecule has 1 aliphatic carbocycles. The van der Waals surface area contributed by atoms with Crippen LogP contribution in [0.2, 0.25) is 0 Å². The second kappa shape index (κ2) is 3.57. The molecule has 0 saturated heterocycles. The van der Waals surface area contributed by atoms with Gasteiger partial charge >= 0.3 is 0 Å². The molecule has 1 spiro atoms. The quantitative estimate of drug-likeness (QED) is 0.791. The number of carbonyl (C=O) groups excluding carboxylic acids is 1. The molecule has 2 N–H and O–H groups in total. The molecule has 17 heavy (non-hydrogen) atoms. The minimum absolute atomic E-state index is 0.0144. The van der Waals surface area contributed by atoms with E-state index >= 15 is 0 Å². The summed E-state index contributed by atoms with van der Waals surface area (Å²) < 4.78 is 6.14. The number of nitrogens with zero attached hydrogens (tertiary/aromatic N) is 1. The van der Waals surface area contributed by atoms with E-state index in [1.165, 1.54) is 0 Å². The fourth-order valence-electron chi connectivity index (χ4n) is 2.43. The van der Waals surface area contributed by atoms with Crippen LogP contribution in [-0.4, -0.2) is 24.0 Å². The minimum atomic E-state index is -0.780. The SMILES string of the molecule is NC1=NC2(CCc3c(Br)cccc3C2=O)CO1. The number of fused-ring (bicyclic) bond motifs is 1. The van der Waals surface area contributed by atoms with E-state index in [-0.39, 0.29) is 18.4 Å². The Hall–Kier alpha value is -1.36. The Bertz CT molecular complexity index is 541. The van der Waals surface area contributed by atoms with Gasteiger partial charge in [-0.3, -0.25) is 4.79 Å². The summed E-state index contributed by atoms with van der Waals surface area (Å²) in [4.78, 5) is 16.7.